The lowest BCUT2D eigenvalue weighted by Gasteiger charge is -2.17. The highest BCUT2D eigenvalue weighted by atomic mass is 19.4. The third-order valence-electron chi connectivity index (χ3n) is 2.85. The first-order valence-electron chi connectivity index (χ1n) is 6.11. The van der Waals surface area contributed by atoms with Gasteiger partial charge >= 0.3 is 12.1 Å². The average molecular weight is 304 g/mol. The predicted molar refractivity (Wildman–Crippen MR) is 68.1 cm³/mol. The molecule has 1 aromatic rings. The molecule has 0 unspecified atom stereocenters. The number of amides is 1. The number of carbonyl (C=O) groups is 2. The minimum absolute atomic E-state index is 0.0356. The van der Waals surface area contributed by atoms with Crippen LogP contribution in [0.4, 0.5) is 13.2 Å². The number of benzene rings is 1. The van der Waals surface area contributed by atoms with Crippen molar-refractivity contribution in [3.8, 4) is 0 Å². The van der Waals surface area contributed by atoms with Crippen LogP contribution in [0.3, 0.4) is 0 Å². The molecule has 0 bridgehead atoms. The average Bonchev–Trinajstić information content (AvgIpc) is 2.37. The summed E-state index contributed by atoms with van der Waals surface area (Å²) < 4.78 is 38.4. The number of nitrogens with one attached hydrogen (secondary N) is 1. The molecule has 0 spiro atoms. The van der Waals surface area contributed by atoms with Crippen molar-refractivity contribution < 1.29 is 27.9 Å². The molecule has 0 radical (unpaired) electrons. The van der Waals surface area contributed by atoms with Gasteiger partial charge in [0.15, 0.2) is 0 Å². The van der Waals surface area contributed by atoms with Crippen LogP contribution in [-0.4, -0.2) is 23.0 Å². The molecule has 0 heterocycles. The molecule has 116 valence electrons. The van der Waals surface area contributed by atoms with E-state index in [2.05, 4.69) is 5.32 Å². The van der Waals surface area contributed by atoms with Crippen LogP contribution in [0.25, 0.3) is 0 Å². The van der Waals surface area contributed by atoms with Gasteiger partial charge < -0.3 is 16.2 Å². The van der Waals surface area contributed by atoms with Crippen LogP contribution in [0.2, 0.25) is 0 Å². The van der Waals surface area contributed by atoms with Crippen molar-refractivity contribution in [2.24, 2.45) is 5.73 Å². The number of carboxylic acids is 1. The number of primary amides is 1. The van der Waals surface area contributed by atoms with Crippen molar-refractivity contribution in [3.05, 3.63) is 35.4 Å². The third kappa shape index (κ3) is 5.42. The number of rotatable bonds is 7. The van der Waals surface area contributed by atoms with Crippen molar-refractivity contribution in [2.45, 2.75) is 31.6 Å². The topological polar surface area (TPSA) is 92.4 Å². The molecule has 1 amide bonds. The lowest BCUT2D eigenvalue weighted by Crippen LogP contribution is -2.41. The fraction of sp³-hybridized carbons (Fsp3) is 0.385. The zero-order chi connectivity index (χ0) is 16.0. The summed E-state index contributed by atoms with van der Waals surface area (Å²) in [4.78, 5) is 21.6. The Bertz CT molecular complexity index is 518. The van der Waals surface area contributed by atoms with Crippen LogP contribution in [0, 0.1) is 0 Å². The highest BCUT2D eigenvalue weighted by Gasteiger charge is 2.33. The van der Waals surface area contributed by atoms with E-state index in [0.717, 1.165) is 6.07 Å². The maximum absolute atomic E-state index is 12.8. The molecule has 1 rings (SSSR count). The first kappa shape index (κ1) is 17.0. The van der Waals surface area contributed by atoms with E-state index in [9.17, 15) is 22.8 Å². The summed E-state index contributed by atoms with van der Waals surface area (Å²) in [6, 6.07) is 3.94. The quantitative estimate of drug-likeness (QED) is 0.712. The number of hydrogen-bond donors (Lipinski definition) is 3. The van der Waals surface area contributed by atoms with Crippen LogP contribution in [0.1, 0.15) is 24.0 Å². The molecule has 0 saturated carbocycles. The Morgan fingerprint density at radius 3 is 2.43 bits per heavy atom. The predicted octanol–water partition coefficient (Wildman–Crippen LogP) is 1.51. The van der Waals surface area contributed by atoms with E-state index in [0.29, 0.717) is 0 Å². The fourth-order valence-electron chi connectivity index (χ4n) is 1.80. The zero-order valence-electron chi connectivity index (χ0n) is 11.0. The van der Waals surface area contributed by atoms with Gasteiger partial charge in [0, 0.05) is 13.0 Å². The monoisotopic (exact) mass is 304 g/mol. The summed E-state index contributed by atoms with van der Waals surface area (Å²) in [5.41, 5.74) is 4.25. The second-order valence-electron chi connectivity index (χ2n) is 4.42. The first-order valence-corrected chi connectivity index (χ1v) is 6.11. The number of halogens is 3. The van der Waals surface area contributed by atoms with Gasteiger partial charge in [0.2, 0.25) is 5.91 Å². The maximum Gasteiger partial charge on any atom is 0.416 e. The standard InChI is InChI=1S/C13H15F3N2O3/c14-13(15,16)9-4-2-1-3-8(9)7-18-10(12(17)21)5-6-11(19)20/h1-4,10,18H,5-7H2,(H2,17,21)(H,19,20)/t10-/m0/s1. The highest BCUT2D eigenvalue weighted by Crippen LogP contribution is 2.31. The molecule has 1 atom stereocenters. The highest BCUT2D eigenvalue weighted by molar-refractivity contribution is 5.80. The van der Waals surface area contributed by atoms with E-state index in [1.54, 1.807) is 0 Å². The number of hydrogen-bond acceptors (Lipinski definition) is 3. The van der Waals surface area contributed by atoms with Gasteiger partial charge in [-0.15, -0.1) is 0 Å². The Balaban J connectivity index is 2.77. The summed E-state index contributed by atoms with van der Waals surface area (Å²) in [5.74, 6) is -1.92. The summed E-state index contributed by atoms with van der Waals surface area (Å²) in [6.07, 6.45) is -4.89. The van der Waals surface area contributed by atoms with E-state index >= 15 is 0 Å². The van der Waals surface area contributed by atoms with Crippen LogP contribution >= 0.6 is 0 Å². The molecule has 8 heteroatoms. The van der Waals surface area contributed by atoms with Gasteiger partial charge in [-0.25, -0.2) is 0 Å². The van der Waals surface area contributed by atoms with Crippen LogP contribution in [-0.2, 0) is 22.3 Å². The minimum Gasteiger partial charge on any atom is -0.481 e. The summed E-state index contributed by atoms with van der Waals surface area (Å²) in [7, 11) is 0. The molecule has 0 aromatic heterocycles. The van der Waals surface area contributed by atoms with Crippen molar-refractivity contribution >= 4 is 11.9 Å². The molecule has 0 aliphatic carbocycles. The molecular formula is C13H15F3N2O3. The van der Waals surface area contributed by atoms with Gasteiger partial charge in [-0.3, -0.25) is 9.59 Å². The van der Waals surface area contributed by atoms with Crippen LogP contribution in [0.5, 0.6) is 0 Å². The molecule has 4 N–H and O–H groups in total. The van der Waals surface area contributed by atoms with E-state index in [4.69, 9.17) is 10.8 Å². The largest absolute Gasteiger partial charge is 0.481 e. The van der Waals surface area contributed by atoms with Crippen molar-refractivity contribution in [1.29, 1.82) is 0 Å². The normalized spacial score (nSPS) is 12.9. The van der Waals surface area contributed by atoms with Crippen LogP contribution in [0.15, 0.2) is 24.3 Å². The Kier molecular flexibility index (Phi) is 5.71. The van der Waals surface area contributed by atoms with E-state index in [1.165, 1.54) is 18.2 Å². The van der Waals surface area contributed by atoms with Crippen molar-refractivity contribution in [2.75, 3.05) is 0 Å². The van der Waals surface area contributed by atoms with E-state index in [-0.39, 0.29) is 24.9 Å². The van der Waals surface area contributed by atoms with Gasteiger partial charge in [0.05, 0.1) is 11.6 Å². The Morgan fingerprint density at radius 1 is 1.29 bits per heavy atom. The molecular weight excluding hydrogens is 289 g/mol. The summed E-state index contributed by atoms with van der Waals surface area (Å²) >= 11 is 0. The SMILES string of the molecule is NC(=O)[C@H](CCC(=O)O)NCc1ccccc1C(F)(F)F. The summed E-state index contributed by atoms with van der Waals surface area (Å²) in [5, 5.41) is 11.1. The fourth-order valence-corrected chi connectivity index (χ4v) is 1.80. The number of nitrogens with two attached hydrogens (primary N) is 1. The van der Waals surface area contributed by atoms with Crippen molar-refractivity contribution in [1.82, 2.24) is 5.32 Å². The second kappa shape index (κ2) is 7.07. The van der Waals surface area contributed by atoms with Crippen LogP contribution < -0.4 is 11.1 Å². The first-order chi connectivity index (χ1) is 9.71. The van der Waals surface area contributed by atoms with Gasteiger partial charge in [0.1, 0.15) is 0 Å². The number of carboxylic acid groups (broad SMARTS) is 1. The smallest absolute Gasteiger partial charge is 0.416 e. The molecule has 0 aliphatic rings. The van der Waals surface area contributed by atoms with Gasteiger partial charge in [-0.1, -0.05) is 18.2 Å². The Morgan fingerprint density at radius 2 is 1.90 bits per heavy atom. The molecule has 5 nitrogen and oxygen atoms in total. The zero-order valence-corrected chi connectivity index (χ0v) is 11.0. The minimum atomic E-state index is -4.50. The number of alkyl halides is 3. The number of aliphatic carboxylic acids is 1. The maximum atomic E-state index is 12.8. The second-order valence-corrected chi connectivity index (χ2v) is 4.42. The lowest BCUT2D eigenvalue weighted by atomic mass is 10.1. The number of carbonyl (C=O) groups excluding carboxylic acids is 1. The van der Waals surface area contributed by atoms with E-state index < -0.39 is 29.7 Å². The van der Waals surface area contributed by atoms with Gasteiger partial charge in [0.25, 0.3) is 0 Å². The van der Waals surface area contributed by atoms with E-state index in [1.807, 2.05) is 0 Å². The van der Waals surface area contributed by atoms with Gasteiger partial charge in [-0.05, 0) is 18.1 Å². The lowest BCUT2D eigenvalue weighted by molar-refractivity contribution is -0.138. The molecule has 0 saturated heterocycles. The molecule has 1 aromatic carbocycles. The van der Waals surface area contributed by atoms with Crippen molar-refractivity contribution in [3.63, 3.8) is 0 Å². The summed E-state index contributed by atoms with van der Waals surface area (Å²) in [6.45, 7) is -0.233. The molecule has 21 heavy (non-hydrogen) atoms. The van der Waals surface area contributed by atoms with Gasteiger partial charge in [-0.2, -0.15) is 13.2 Å². The molecule has 0 aliphatic heterocycles. The Hall–Kier alpha value is -2.09. The molecule has 0 fully saturated rings. The third-order valence-corrected chi connectivity index (χ3v) is 2.85. The Labute approximate surface area is 118 Å².